The number of aromatic hydroxyl groups is 1. The number of aromatic nitrogens is 1. The SMILES string of the molecule is CC(C)(C)c1cc(C=NNc2ncc(Cl)cc2Cl)cc(C(C)(C)C)c1O. The monoisotopic (exact) mass is 393 g/mol. The number of halogens is 2. The largest absolute Gasteiger partial charge is 0.507 e. The highest BCUT2D eigenvalue weighted by atomic mass is 35.5. The molecule has 26 heavy (non-hydrogen) atoms. The first-order valence-corrected chi connectivity index (χ1v) is 9.13. The first-order chi connectivity index (χ1) is 11.9. The van der Waals surface area contributed by atoms with Crippen LogP contribution in [0.25, 0.3) is 0 Å². The normalized spacial score (nSPS) is 12.6. The molecule has 140 valence electrons. The number of nitrogens with one attached hydrogen (secondary N) is 1. The number of phenols is 1. The third kappa shape index (κ3) is 4.89. The van der Waals surface area contributed by atoms with Gasteiger partial charge in [-0.25, -0.2) is 4.98 Å². The van der Waals surface area contributed by atoms with Crippen LogP contribution in [-0.2, 0) is 10.8 Å². The van der Waals surface area contributed by atoms with Crippen LogP contribution in [0.3, 0.4) is 0 Å². The van der Waals surface area contributed by atoms with Gasteiger partial charge in [0, 0.05) is 17.3 Å². The van der Waals surface area contributed by atoms with Gasteiger partial charge >= 0.3 is 0 Å². The molecule has 2 N–H and O–H groups in total. The van der Waals surface area contributed by atoms with Gasteiger partial charge in [-0.2, -0.15) is 5.10 Å². The number of nitrogens with zero attached hydrogens (tertiary/aromatic N) is 2. The number of phenolic OH excluding ortho intramolecular Hbond substituents is 1. The summed E-state index contributed by atoms with van der Waals surface area (Å²) in [5.41, 5.74) is 5.09. The molecule has 0 saturated carbocycles. The van der Waals surface area contributed by atoms with Crippen LogP contribution in [0.4, 0.5) is 5.82 Å². The van der Waals surface area contributed by atoms with Crippen molar-refractivity contribution in [3.05, 3.63) is 51.1 Å². The Morgan fingerprint density at radius 3 is 2.00 bits per heavy atom. The molecular weight excluding hydrogens is 369 g/mol. The summed E-state index contributed by atoms with van der Waals surface area (Å²) in [5, 5.41) is 15.8. The number of hydrazone groups is 1. The molecule has 0 radical (unpaired) electrons. The number of hydrogen-bond acceptors (Lipinski definition) is 4. The second-order valence-corrected chi connectivity index (χ2v) is 9.16. The van der Waals surface area contributed by atoms with Gasteiger partial charge in [-0.05, 0) is 34.6 Å². The van der Waals surface area contributed by atoms with E-state index in [1.54, 1.807) is 12.3 Å². The molecule has 0 aliphatic rings. The molecule has 1 aromatic carbocycles. The highest BCUT2D eigenvalue weighted by molar-refractivity contribution is 6.35. The second kappa shape index (κ2) is 7.45. The Labute approximate surface area is 165 Å². The average molecular weight is 394 g/mol. The molecule has 0 aliphatic heterocycles. The fraction of sp³-hybridized carbons (Fsp3) is 0.400. The maximum Gasteiger partial charge on any atom is 0.165 e. The Hall–Kier alpha value is -1.78. The summed E-state index contributed by atoms with van der Waals surface area (Å²) >= 11 is 11.9. The maximum absolute atomic E-state index is 10.8. The number of pyridine rings is 1. The molecule has 1 aromatic heterocycles. The average Bonchev–Trinajstić information content (AvgIpc) is 2.48. The fourth-order valence-electron chi connectivity index (χ4n) is 2.54. The van der Waals surface area contributed by atoms with Crippen LogP contribution in [-0.4, -0.2) is 16.3 Å². The Bertz CT molecular complexity index is 799. The van der Waals surface area contributed by atoms with Crippen LogP contribution < -0.4 is 5.43 Å². The third-order valence-electron chi connectivity index (χ3n) is 3.94. The van der Waals surface area contributed by atoms with E-state index < -0.39 is 0 Å². The zero-order valence-electron chi connectivity index (χ0n) is 16.0. The summed E-state index contributed by atoms with van der Waals surface area (Å²) in [6, 6.07) is 5.50. The van der Waals surface area contributed by atoms with E-state index >= 15 is 0 Å². The molecule has 2 aromatic rings. The minimum atomic E-state index is -0.192. The van der Waals surface area contributed by atoms with Crippen molar-refractivity contribution in [2.24, 2.45) is 5.10 Å². The lowest BCUT2D eigenvalue weighted by Gasteiger charge is -2.27. The van der Waals surface area contributed by atoms with Crippen LogP contribution >= 0.6 is 23.2 Å². The van der Waals surface area contributed by atoms with Crippen molar-refractivity contribution >= 4 is 35.2 Å². The van der Waals surface area contributed by atoms with Crippen LogP contribution in [0, 0.1) is 0 Å². The quantitative estimate of drug-likeness (QED) is 0.486. The lowest BCUT2D eigenvalue weighted by atomic mass is 9.78. The Morgan fingerprint density at radius 1 is 1.00 bits per heavy atom. The van der Waals surface area contributed by atoms with Gasteiger partial charge in [-0.1, -0.05) is 64.7 Å². The van der Waals surface area contributed by atoms with Gasteiger partial charge in [0.25, 0.3) is 0 Å². The van der Waals surface area contributed by atoms with E-state index in [1.165, 1.54) is 6.20 Å². The van der Waals surface area contributed by atoms with Gasteiger partial charge in [0.05, 0.1) is 16.3 Å². The standard InChI is InChI=1S/C20H25Cl2N3O/c1-19(2,3)14-7-12(8-15(17(14)26)20(4,5)6)10-24-25-18-16(22)9-13(21)11-23-18/h7-11,26H,1-6H3,(H,23,25). The van der Waals surface area contributed by atoms with Gasteiger partial charge in [0.2, 0.25) is 0 Å². The van der Waals surface area contributed by atoms with Crippen molar-refractivity contribution in [1.29, 1.82) is 0 Å². The molecule has 0 spiro atoms. The highest BCUT2D eigenvalue weighted by Gasteiger charge is 2.26. The first-order valence-electron chi connectivity index (χ1n) is 8.37. The third-order valence-corrected chi connectivity index (χ3v) is 4.43. The van der Waals surface area contributed by atoms with Gasteiger partial charge in [-0.3, -0.25) is 5.43 Å². The van der Waals surface area contributed by atoms with E-state index in [0.29, 0.717) is 21.6 Å². The first kappa shape index (κ1) is 20.5. The summed E-state index contributed by atoms with van der Waals surface area (Å²) in [5.74, 6) is 0.774. The molecule has 0 atom stereocenters. The molecule has 0 bridgehead atoms. The second-order valence-electron chi connectivity index (χ2n) is 8.32. The Balaban J connectivity index is 2.39. The molecule has 6 heteroatoms. The lowest BCUT2D eigenvalue weighted by molar-refractivity contribution is 0.423. The summed E-state index contributed by atoms with van der Waals surface area (Å²) in [7, 11) is 0. The molecule has 2 rings (SSSR count). The predicted octanol–water partition coefficient (Wildman–Crippen LogP) is 6.14. The van der Waals surface area contributed by atoms with Crippen LogP contribution in [0.1, 0.15) is 58.2 Å². The van der Waals surface area contributed by atoms with E-state index in [1.807, 2.05) is 12.1 Å². The molecule has 0 amide bonds. The maximum atomic E-state index is 10.8. The van der Waals surface area contributed by atoms with Crippen molar-refractivity contribution in [2.75, 3.05) is 5.43 Å². The van der Waals surface area contributed by atoms with E-state index in [2.05, 4.69) is 57.1 Å². The van der Waals surface area contributed by atoms with Crippen molar-refractivity contribution in [2.45, 2.75) is 52.4 Å². The molecular formula is C20H25Cl2N3O. The van der Waals surface area contributed by atoms with Crippen LogP contribution in [0.15, 0.2) is 29.5 Å². The van der Waals surface area contributed by atoms with E-state index in [-0.39, 0.29) is 10.8 Å². The van der Waals surface area contributed by atoms with Gasteiger partial charge in [0.15, 0.2) is 5.82 Å². The minimum absolute atomic E-state index is 0.192. The highest BCUT2D eigenvalue weighted by Crippen LogP contribution is 2.39. The lowest BCUT2D eigenvalue weighted by Crippen LogP contribution is -2.18. The van der Waals surface area contributed by atoms with E-state index in [9.17, 15) is 5.11 Å². The topological polar surface area (TPSA) is 57.5 Å². The summed E-state index contributed by atoms with van der Waals surface area (Å²) in [6.07, 6.45) is 3.19. The van der Waals surface area contributed by atoms with Gasteiger partial charge in [-0.15, -0.1) is 0 Å². The number of benzene rings is 1. The number of anilines is 1. The van der Waals surface area contributed by atoms with E-state index in [4.69, 9.17) is 23.2 Å². The molecule has 0 fully saturated rings. The predicted molar refractivity (Wildman–Crippen MR) is 111 cm³/mol. The van der Waals surface area contributed by atoms with Crippen molar-refractivity contribution < 1.29 is 5.11 Å². The smallest absolute Gasteiger partial charge is 0.165 e. The zero-order chi connectivity index (χ0) is 19.7. The molecule has 1 heterocycles. The molecule has 0 saturated heterocycles. The zero-order valence-corrected chi connectivity index (χ0v) is 17.5. The van der Waals surface area contributed by atoms with Crippen LogP contribution in [0.2, 0.25) is 10.0 Å². The van der Waals surface area contributed by atoms with Gasteiger partial charge < -0.3 is 5.11 Å². The molecule has 0 unspecified atom stereocenters. The summed E-state index contributed by atoms with van der Waals surface area (Å²) < 4.78 is 0. The molecule has 0 aliphatic carbocycles. The van der Waals surface area contributed by atoms with Crippen molar-refractivity contribution in [1.82, 2.24) is 4.98 Å². The Kier molecular flexibility index (Phi) is 5.89. The molecule has 4 nitrogen and oxygen atoms in total. The van der Waals surface area contributed by atoms with Crippen molar-refractivity contribution in [3.63, 3.8) is 0 Å². The van der Waals surface area contributed by atoms with Gasteiger partial charge in [0.1, 0.15) is 5.75 Å². The summed E-state index contributed by atoms with van der Waals surface area (Å²) in [6.45, 7) is 12.4. The Morgan fingerprint density at radius 2 is 1.54 bits per heavy atom. The van der Waals surface area contributed by atoms with Crippen LogP contribution in [0.5, 0.6) is 5.75 Å². The number of hydrogen-bond donors (Lipinski definition) is 2. The number of rotatable bonds is 3. The minimum Gasteiger partial charge on any atom is -0.507 e. The fourth-order valence-corrected chi connectivity index (χ4v) is 2.96. The van der Waals surface area contributed by atoms with E-state index in [0.717, 1.165) is 16.7 Å². The van der Waals surface area contributed by atoms with Crippen molar-refractivity contribution in [3.8, 4) is 5.75 Å². The summed E-state index contributed by atoms with van der Waals surface area (Å²) in [4.78, 5) is 4.11.